The van der Waals surface area contributed by atoms with E-state index in [1.165, 1.54) is 18.7 Å². The van der Waals surface area contributed by atoms with E-state index in [-0.39, 0.29) is 29.6 Å². The van der Waals surface area contributed by atoms with Crippen LogP contribution in [0.3, 0.4) is 0 Å². The zero-order valence-electron chi connectivity index (χ0n) is 15.3. The quantitative estimate of drug-likeness (QED) is 0.826. The van der Waals surface area contributed by atoms with E-state index >= 15 is 0 Å². The van der Waals surface area contributed by atoms with Crippen molar-refractivity contribution in [2.45, 2.75) is 31.3 Å². The van der Waals surface area contributed by atoms with Crippen LogP contribution in [0.4, 0.5) is 4.39 Å². The molecule has 0 saturated heterocycles. The van der Waals surface area contributed by atoms with Crippen molar-refractivity contribution < 1.29 is 13.9 Å². The van der Waals surface area contributed by atoms with E-state index in [4.69, 9.17) is 4.74 Å². The van der Waals surface area contributed by atoms with E-state index < -0.39 is 0 Å². The average Bonchev–Trinajstić information content (AvgIpc) is 2.59. The summed E-state index contributed by atoms with van der Waals surface area (Å²) in [5.74, 6) is -0.172. The fourth-order valence-corrected chi connectivity index (χ4v) is 3.50. The van der Waals surface area contributed by atoms with Crippen LogP contribution in [0, 0.1) is 5.82 Å². The molecule has 0 aromatic heterocycles. The Morgan fingerprint density at radius 3 is 2.54 bits per heavy atom. The predicted octanol–water partition coefficient (Wildman–Crippen LogP) is 3.46. The van der Waals surface area contributed by atoms with Crippen molar-refractivity contribution in [1.82, 2.24) is 10.2 Å². The first kappa shape index (κ1) is 18.4. The van der Waals surface area contributed by atoms with Gasteiger partial charge in [0.2, 0.25) is 5.91 Å². The van der Waals surface area contributed by atoms with Gasteiger partial charge in [0.15, 0.2) is 11.6 Å². The summed E-state index contributed by atoms with van der Waals surface area (Å²) in [5, 5.41) is 3.22. The standard InChI is InChI=1S/C21H25FN2O2/c1-24(14-16-9-10-19(26-2)18(22)13-16)15-20(25)23-21(11-6-12-21)17-7-4-3-5-8-17/h3-5,7-10,13H,6,11-12,14-15H2,1-2H3,(H,23,25). The molecule has 1 saturated carbocycles. The Labute approximate surface area is 154 Å². The van der Waals surface area contributed by atoms with Crippen LogP contribution in [-0.2, 0) is 16.9 Å². The molecule has 0 bridgehead atoms. The first-order valence-corrected chi connectivity index (χ1v) is 8.90. The lowest BCUT2D eigenvalue weighted by atomic mass is 9.72. The lowest BCUT2D eigenvalue weighted by Gasteiger charge is -2.43. The second-order valence-electron chi connectivity index (χ2n) is 6.99. The molecule has 1 amide bonds. The Kier molecular flexibility index (Phi) is 5.57. The average molecular weight is 356 g/mol. The summed E-state index contributed by atoms with van der Waals surface area (Å²) in [6.45, 7) is 0.759. The third kappa shape index (κ3) is 4.05. The number of rotatable bonds is 7. The highest BCUT2D eigenvalue weighted by molar-refractivity contribution is 5.79. The number of hydrogen-bond donors (Lipinski definition) is 1. The molecule has 1 N–H and O–H groups in total. The second-order valence-corrected chi connectivity index (χ2v) is 6.99. The van der Waals surface area contributed by atoms with Crippen LogP contribution in [0.1, 0.15) is 30.4 Å². The summed E-state index contributed by atoms with van der Waals surface area (Å²) >= 11 is 0. The van der Waals surface area contributed by atoms with Gasteiger partial charge >= 0.3 is 0 Å². The van der Waals surface area contributed by atoms with E-state index in [1.54, 1.807) is 6.07 Å². The Morgan fingerprint density at radius 1 is 1.23 bits per heavy atom. The number of hydrogen-bond acceptors (Lipinski definition) is 3. The number of halogens is 1. The molecule has 1 aliphatic rings. The molecule has 5 heteroatoms. The zero-order valence-corrected chi connectivity index (χ0v) is 15.3. The Bertz CT molecular complexity index is 760. The third-order valence-corrected chi connectivity index (χ3v) is 4.99. The number of carbonyl (C=O) groups excluding carboxylic acids is 1. The van der Waals surface area contributed by atoms with Crippen molar-refractivity contribution in [1.29, 1.82) is 0 Å². The van der Waals surface area contributed by atoms with Gasteiger partial charge in [0.1, 0.15) is 0 Å². The number of likely N-dealkylation sites (N-methyl/N-ethyl adjacent to an activating group) is 1. The van der Waals surface area contributed by atoms with Crippen LogP contribution >= 0.6 is 0 Å². The number of amides is 1. The fraction of sp³-hybridized carbons (Fsp3) is 0.381. The summed E-state index contributed by atoms with van der Waals surface area (Å²) in [6.07, 6.45) is 3.06. The van der Waals surface area contributed by atoms with E-state index in [1.807, 2.05) is 36.2 Å². The first-order chi connectivity index (χ1) is 12.5. The van der Waals surface area contributed by atoms with Gasteiger partial charge in [-0.2, -0.15) is 0 Å². The molecule has 2 aromatic carbocycles. The van der Waals surface area contributed by atoms with Crippen molar-refractivity contribution >= 4 is 5.91 Å². The minimum absolute atomic E-state index is 0.00923. The van der Waals surface area contributed by atoms with E-state index in [2.05, 4.69) is 17.4 Å². The first-order valence-electron chi connectivity index (χ1n) is 8.90. The zero-order chi connectivity index (χ0) is 18.6. The lowest BCUT2D eigenvalue weighted by Crippen LogP contribution is -2.52. The van der Waals surface area contributed by atoms with Crippen molar-refractivity contribution in [3.63, 3.8) is 0 Å². The second kappa shape index (κ2) is 7.87. The Hall–Kier alpha value is -2.40. The van der Waals surface area contributed by atoms with Crippen LogP contribution < -0.4 is 10.1 Å². The molecule has 0 radical (unpaired) electrons. The van der Waals surface area contributed by atoms with Gasteiger partial charge in [-0.3, -0.25) is 9.69 Å². The van der Waals surface area contributed by atoms with Crippen molar-refractivity contribution in [2.24, 2.45) is 0 Å². The molecule has 0 unspecified atom stereocenters. The van der Waals surface area contributed by atoms with Gasteiger partial charge in [-0.05, 0) is 49.6 Å². The smallest absolute Gasteiger partial charge is 0.234 e. The molecule has 0 spiro atoms. The summed E-state index contributed by atoms with van der Waals surface area (Å²) in [4.78, 5) is 14.4. The van der Waals surface area contributed by atoms with E-state index in [0.29, 0.717) is 6.54 Å². The molecule has 138 valence electrons. The van der Waals surface area contributed by atoms with Crippen molar-refractivity contribution in [2.75, 3.05) is 20.7 Å². The van der Waals surface area contributed by atoms with Gasteiger partial charge in [-0.25, -0.2) is 4.39 Å². The number of carbonyl (C=O) groups is 1. The van der Waals surface area contributed by atoms with Gasteiger partial charge in [-0.1, -0.05) is 36.4 Å². The largest absolute Gasteiger partial charge is 0.494 e. The van der Waals surface area contributed by atoms with Gasteiger partial charge in [-0.15, -0.1) is 0 Å². The Morgan fingerprint density at radius 2 is 1.96 bits per heavy atom. The molecule has 26 heavy (non-hydrogen) atoms. The predicted molar refractivity (Wildman–Crippen MR) is 99.4 cm³/mol. The van der Waals surface area contributed by atoms with E-state index in [0.717, 1.165) is 24.8 Å². The van der Waals surface area contributed by atoms with Crippen molar-refractivity contribution in [3.8, 4) is 5.75 Å². The molecule has 0 atom stereocenters. The summed E-state index contributed by atoms with van der Waals surface area (Å²) in [5.41, 5.74) is 1.74. The summed E-state index contributed by atoms with van der Waals surface area (Å²) in [7, 11) is 3.30. The maximum Gasteiger partial charge on any atom is 0.234 e. The topological polar surface area (TPSA) is 41.6 Å². The molecule has 2 aromatic rings. The third-order valence-electron chi connectivity index (χ3n) is 4.99. The summed E-state index contributed by atoms with van der Waals surface area (Å²) in [6, 6.07) is 15.0. The normalized spacial score (nSPS) is 15.4. The van der Waals surface area contributed by atoms with Crippen LogP contribution in [-0.4, -0.2) is 31.5 Å². The number of nitrogens with one attached hydrogen (secondary N) is 1. The highest BCUT2D eigenvalue weighted by Crippen LogP contribution is 2.41. The van der Waals surface area contributed by atoms with Gasteiger partial charge in [0, 0.05) is 6.54 Å². The SMILES string of the molecule is COc1ccc(CN(C)CC(=O)NC2(c3ccccc3)CCC2)cc1F. The molecule has 1 fully saturated rings. The highest BCUT2D eigenvalue weighted by atomic mass is 19.1. The molecule has 1 aliphatic carbocycles. The van der Waals surface area contributed by atoms with Gasteiger partial charge < -0.3 is 10.1 Å². The molecular weight excluding hydrogens is 331 g/mol. The van der Waals surface area contributed by atoms with Crippen LogP contribution in [0.2, 0.25) is 0 Å². The van der Waals surface area contributed by atoms with Crippen LogP contribution in [0.15, 0.2) is 48.5 Å². The number of benzene rings is 2. The maximum atomic E-state index is 13.8. The number of methoxy groups -OCH3 is 1. The molecular formula is C21H25FN2O2. The molecule has 0 aliphatic heterocycles. The summed E-state index contributed by atoms with van der Waals surface area (Å²) < 4.78 is 18.7. The number of ether oxygens (including phenoxy) is 1. The van der Waals surface area contributed by atoms with Crippen LogP contribution in [0.5, 0.6) is 5.75 Å². The van der Waals surface area contributed by atoms with Crippen LogP contribution in [0.25, 0.3) is 0 Å². The number of nitrogens with zero attached hydrogens (tertiary/aromatic N) is 1. The maximum absolute atomic E-state index is 13.8. The van der Waals surface area contributed by atoms with Gasteiger partial charge in [0.25, 0.3) is 0 Å². The lowest BCUT2D eigenvalue weighted by molar-refractivity contribution is -0.125. The molecule has 0 heterocycles. The van der Waals surface area contributed by atoms with Crippen molar-refractivity contribution in [3.05, 3.63) is 65.5 Å². The minimum Gasteiger partial charge on any atom is -0.494 e. The Balaban J connectivity index is 1.58. The molecule has 4 nitrogen and oxygen atoms in total. The van der Waals surface area contributed by atoms with E-state index in [9.17, 15) is 9.18 Å². The monoisotopic (exact) mass is 356 g/mol. The highest BCUT2D eigenvalue weighted by Gasteiger charge is 2.39. The minimum atomic E-state index is -0.389. The fourth-order valence-electron chi connectivity index (χ4n) is 3.50. The molecule has 3 rings (SSSR count). The van der Waals surface area contributed by atoms with Gasteiger partial charge in [0.05, 0.1) is 19.2 Å².